The van der Waals surface area contributed by atoms with Crippen molar-refractivity contribution in [3.05, 3.63) is 71.8 Å². The molecule has 0 saturated carbocycles. The zero-order valence-electron chi connectivity index (χ0n) is 13.5. The van der Waals surface area contributed by atoms with Gasteiger partial charge in [-0.15, -0.1) is 0 Å². The maximum Gasteiger partial charge on any atom is 0.273 e. The Kier molecular flexibility index (Phi) is 4.28. The van der Waals surface area contributed by atoms with Crippen LogP contribution in [0.5, 0.6) is 0 Å². The van der Waals surface area contributed by atoms with Crippen LogP contribution in [0.4, 0.5) is 0 Å². The van der Waals surface area contributed by atoms with Gasteiger partial charge in [0.2, 0.25) is 0 Å². The van der Waals surface area contributed by atoms with Crippen molar-refractivity contribution in [2.45, 2.75) is 25.0 Å². The van der Waals surface area contributed by atoms with E-state index in [9.17, 15) is 0 Å². The van der Waals surface area contributed by atoms with Crippen LogP contribution in [-0.2, 0) is 22.3 Å². The van der Waals surface area contributed by atoms with Gasteiger partial charge in [-0.3, -0.25) is 0 Å². The van der Waals surface area contributed by atoms with E-state index in [1.807, 2.05) is 36.4 Å². The summed E-state index contributed by atoms with van der Waals surface area (Å²) in [6, 6.07) is 20.7. The summed E-state index contributed by atoms with van der Waals surface area (Å²) in [4.78, 5) is 8.95. The van der Waals surface area contributed by atoms with Crippen LogP contribution in [0.15, 0.2) is 70.6 Å². The first-order valence-corrected chi connectivity index (χ1v) is 8.37. The zero-order chi connectivity index (χ0) is 16.2. The fraction of sp³-hybridized carbons (Fsp3) is 0.300. The predicted octanol–water partition coefficient (Wildman–Crippen LogP) is 3.07. The predicted molar refractivity (Wildman–Crippen MR) is 94.6 cm³/mol. The average Bonchev–Trinajstić information content (AvgIpc) is 3.26. The van der Waals surface area contributed by atoms with Gasteiger partial charge >= 0.3 is 0 Å². The molecule has 2 aromatic carbocycles. The fourth-order valence-corrected chi connectivity index (χ4v) is 3.04. The van der Waals surface area contributed by atoms with Gasteiger partial charge in [0, 0.05) is 12.8 Å². The minimum absolute atomic E-state index is 0.0712. The van der Waals surface area contributed by atoms with Crippen molar-refractivity contribution >= 4 is 11.8 Å². The third-order valence-corrected chi connectivity index (χ3v) is 4.23. The maximum atomic E-state index is 5.94. The highest BCUT2D eigenvalue weighted by molar-refractivity contribution is 6.36. The van der Waals surface area contributed by atoms with Crippen molar-refractivity contribution < 1.29 is 9.47 Å². The lowest BCUT2D eigenvalue weighted by atomic mass is 10.1. The van der Waals surface area contributed by atoms with Gasteiger partial charge in [0.25, 0.3) is 11.8 Å². The first-order chi connectivity index (χ1) is 11.9. The van der Waals surface area contributed by atoms with E-state index in [0.29, 0.717) is 24.9 Å². The molecule has 0 bridgehead atoms. The molecule has 0 amide bonds. The normalized spacial score (nSPS) is 22.5. The maximum absolute atomic E-state index is 5.94. The number of nitrogens with zero attached hydrogens (tertiary/aromatic N) is 2. The Morgan fingerprint density at radius 1 is 0.667 bits per heavy atom. The SMILES string of the molecule is c1ccc(C[C@@H]2CN=C(C3=NC[C@@H](Cc4ccccc4)O3)O2)cc1. The van der Waals surface area contributed by atoms with Gasteiger partial charge in [0.15, 0.2) is 0 Å². The lowest BCUT2D eigenvalue weighted by Crippen LogP contribution is -2.24. The highest BCUT2D eigenvalue weighted by Crippen LogP contribution is 2.17. The smallest absolute Gasteiger partial charge is 0.273 e. The number of hydrogen-bond donors (Lipinski definition) is 0. The van der Waals surface area contributed by atoms with E-state index in [4.69, 9.17) is 9.47 Å². The summed E-state index contributed by atoms with van der Waals surface area (Å²) >= 11 is 0. The van der Waals surface area contributed by atoms with Crippen LogP contribution in [0.25, 0.3) is 0 Å². The molecular formula is C20H20N2O2. The molecule has 2 aliphatic heterocycles. The van der Waals surface area contributed by atoms with Crippen LogP contribution in [-0.4, -0.2) is 37.1 Å². The Morgan fingerprint density at radius 3 is 1.50 bits per heavy atom. The molecular weight excluding hydrogens is 300 g/mol. The number of rotatable bonds is 5. The van der Waals surface area contributed by atoms with Crippen LogP contribution in [0, 0.1) is 0 Å². The second kappa shape index (κ2) is 6.87. The molecule has 0 spiro atoms. The van der Waals surface area contributed by atoms with Crippen molar-refractivity contribution in [2.24, 2.45) is 9.98 Å². The second-order valence-electron chi connectivity index (χ2n) is 6.15. The van der Waals surface area contributed by atoms with Crippen molar-refractivity contribution in [1.82, 2.24) is 0 Å². The Hall–Kier alpha value is -2.62. The van der Waals surface area contributed by atoms with Crippen molar-refractivity contribution in [3.8, 4) is 0 Å². The van der Waals surface area contributed by atoms with Crippen molar-refractivity contribution in [1.29, 1.82) is 0 Å². The molecule has 0 saturated heterocycles. The summed E-state index contributed by atoms with van der Waals surface area (Å²) in [6.45, 7) is 1.33. The van der Waals surface area contributed by atoms with Gasteiger partial charge in [0.05, 0.1) is 13.1 Å². The van der Waals surface area contributed by atoms with Gasteiger partial charge in [-0.05, 0) is 11.1 Å². The molecule has 0 aromatic heterocycles. The van der Waals surface area contributed by atoms with Crippen LogP contribution >= 0.6 is 0 Å². The minimum Gasteiger partial charge on any atom is -0.468 e. The van der Waals surface area contributed by atoms with E-state index in [1.165, 1.54) is 11.1 Å². The standard InChI is InChI=1S/C20H20N2O2/c1-3-7-15(8-4-1)11-17-13-21-19(23-17)20-22-14-18(24-20)12-16-9-5-2-6-10-16/h1-10,17-18H,11-14H2/t17-,18-/m1/s1. The highest BCUT2D eigenvalue weighted by atomic mass is 16.6. The topological polar surface area (TPSA) is 43.2 Å². The van der Waals surface area contributed by atoms with Gasteiger partial charge < -0.3 is 9.47 Å². The van der Waals surface area contributed by atoms with Gasteiger partial charge in [-0.25, -0.2) is 9.98 Å². The monoisotopic (exact) mass is 320 g/mol. The highest BCUT2D eigenvalue weighted by Gasteiger charge is 2.30. The largest absolute Gasteiger partial charge is 0.468 e. The molecule has 4 heteroatoms. The molecule has 122 valence electrons. The molecule has 0 fully saturated rings. The first kappa shape index (κ1) is 14.9. The Labute approximate surface area is 141 Å². The van der Waals surface area contributed by atoms with E-state index in [2.05, 4.69) is 34.3 Å². The Balaban J connectivity index is 1.30. The summed E-state index contributed by atoms with van der Waals surface area (Å²) in [5, 5.41) is 0. The molecule has 2 heterocycles. The van der Waals surface area contributed by atoms with Crippen LogP contribution < -0.4 is 0 Å². The summed E-state index contributed by atoms with van der Waals surface area (Å²) in [7, 11) is 0. The second-order valence-corrected chi connectivity index (χ2v) is 6.15. The average molecular weight is 320 g/mol. The number of hydrogen-bond acceptors (Lipinski definition) is 4. The van der Waals surface area contributed by atoms with Crippen molar-refractivity contribution in [3.63, 3.8) is 0 Å². The van der Waals surface area contributed by atoms with E-state index >= 15 is 0 Å². The first-order valence-electron chi connectivity index (χ1n) is 8.37. The van der Waals surface area contributed by atoms with E-state index < -0.39 is 0 Å². The molecule has 2 aliphatic rings. The summed E-state index contributed by atoms with van der Waals surface area (Å²) in [5.41, 5.74) is 2.52. The molecule has 2 atom stereocenters. The molecule has 0 unspecified atom stereocenters. The lowest BCUT2D eigenvalue weighted by Gasteiger charge is -2.13. The third-order valence-electron chi connectivity index (χ3n) is 4.23. The Bertz CT molecular complexity index is 675. The Morgan fingerprint density at radius 2 is 1.08 bits per heavy atom. The van der Waals surface area contributed by atoms with Crippen molar-refractivity contribution in [2.75, 3.05) is 13.1 Å². The fourth-order valence-electron chi connectivity index (χ4n) is 3.04. The number of benzene rings is 2. The van der Waals surface area contributed by atoms with Crippen LogP contribution in [0.2, 0.25) is 0 Å². The molecule has 24 heavy (non-hydrogen) atoms. The van der Waals surface area contributed by atoms with E-state index in [-0.39, 0.29) is 12.2 Å². The summed E-state index contributed by atoms with van der Waals surface area (Å²) in [5.74, 6) is 1.12. The number of ether oxygens (including phenoxy) is 2. The van der Waals surface area contributed by atoms with Gasteiger partial charge in [0.1, 0.15) is 12.2 Å². The third kappa shape index (κ3) is 3.48. The molecule has 2 aromatic rings. The summed E-state index contributed by atoms with van der Waals surface area (Å²) in [6.07, 6.45) is 1.85. The minimum atomic E-state index is 0.0712. The number of aliphatic imine (C=N–C) groups is 2. The molecule has 0 N–H and O–H groups in total. The molecule has 4 rings (SSSR count). The molecule has 4 nitrogen and oxygen atoms in total. The van der Waals surface area contributed by atoms with Gasteiger partial charge in [-0.2, -0.15) is 0 Å². The van der Waals surface area contributed by atoms with Gasteiger partial charge in [-0.1, -0.05) is 60.7 Å². The quantitative estimate of drug-likeness (QED) is 0.850. The van der Waals surface area contributed by atoms with Crippen LogP contribution in [0.1, 0.15) is 11.1 Å². The molecule has 0 radical (unpaired) electrons. The van der Waals surface area contributed by atoms with E-state index in [1.54, 1.807) is 0 Å². The zero-order valence-corrected chi connectivity index (χ0v) is 13.5. The molecule has 0 aliphatic carbocycles. The van der Waals surface area contributed by atoms with Crippen LogP contribution in [0.3, 0.4) is 0 Å². The summed E-state index contributed by atoms with van der Waals surface area (Å²) < 4.78 is 11.9. The van der Waals surface area contributed by atoms with E-state index in [0.717, 1.165) is 12.8 Å². The lowest BCUT2D eigenvalue weighted by molar-refractivity contribution is 0.203.